The van der Waals surface area contributed by atoms with E-state index in [0.29, 0.717) is 13.0 Å². The highest BCUT2D eigenvalue weighted by Gasteiger charge is 2.13. The SMILES string of the molecule is Cc1cccc(-c2nc(C)c(CC(=O)NCc3ccco3)s2)c1. The van der Waals surface area contributed by atoms with E-state index in [1.54, 1.807) is 17.6 Å². The number of thiazole rings is 1. The highest BCUT2D eigenvalue weighted by atomic mass is 32.1. The van der Waals surface area contributed by atoms with Crippen molar-refractivity contribution in [3.63, 3.8) is 0 Å². The molecular weight excluding hydrogens is 308 g/mol. The van der Waals surface area contributed by atoms with E-state index in [4.69, 9.17) is 4.42 Å². The highest BCUT2D eigenvalue weighted by molar-refractivity contribution is 7.15. The Bertz CT molecular complexity index is 806. The molecule has 4 nitrogen and oxygen atoms in total. The van der Waals surface area contributed by atoms with Crippen molar-refractivity contribution in [3.8, 4) is 10.6 Å². The third kappa shape index (κ3) is 3.87. The summed E-state index contributed by atoms with van der Waals surface area (Å²) in [7, 11) is 0. The zero-order valence-electron chi connectivity index (χ0n) is 13.1. The number of amides is 1. The van der Waals surface area contributed by atoms with Gasteiger partial charge in [0.25, 0.3) is 0 Å². The number of carbonyl (C=O) groups is 1. The van der Waals surface area contributed by atoms with Crippen LogP contribution in [0.1, 0.15) is 21.9 Å². The molecule has 3 aromatic rings. The Morgan fingerprint density at radius 3 is 2.87 bits per heavy atom. The first kappa shape index (κ1) is 15.5. The van der Waals surface area contributed by atoms with Crippen LogP contribution in [0.3, 0.4) is 0 Å². The lowest BCUT2D eigenvalue weighted by atomic mass is 10.1. The summed E-state index contributed by atoms with van der Waals surface area (Å²) in [5.41, 5.74) is 3.22. The summed E-state index contributed by atoms with van der Waals surface area (Å²) in [6.07, 6.45) is 1.94. The smallest absolute Gasteiger partial charge is 0.225 e. The molecule has 2 heterocycles. The fourth-order valence-electron chi connectivity index (χ4n) is 2.30. The van der Waals surface area contributed by atoms with Gasteiger partial charge in [-0.1, -0.05) is 23.8 Å². The van der Waals surface area contributed by atoms with Crippen LogP contribution in [0.15, 0.2) is 47.1 Å². The minimum atomic E-state index is -0.0241. The van der Waals surface area contributed by atoms with Gasteiger partial charge in [-0.25, -0.2) is 4.98 Å². The maximum Gasteiger partial charge on any atom is 0.225 e. The molecule has 0 unspecified atom stereocenters. The molecule has 0 saturated heterocycles. The Hall–Kier alpha value is -2.40. The van der Waals surface area contributed by atoms with Gasteiger partial charge in [0, 0.05) is 10.4 Å². The topological polar surface area (TPSA) is 55.1 Å². The third-order valence-electron chi connectivity index (χ3n) is 3.52. The van der Waals surface area contributed by atoms with Crippen molar-refractivity contribution in [1.82, 2.24) is 10.3 Å². The molecule has 1 aromatic carbocycles. The third-order valence-corrected chi connectivity index (χ3v) is 4.73. The molecule has 5 heteroatoms. The number of carbonyl (C=O) groups excluding carboxylic acids is 1. The molecular formula is C18H18N2O2S. The summed E-state index contributed by atoms with van der Waals surface area (Å²) in [4.78, 5) is 17.7. The zero-order valence-corrected chi connectivity index (χ0v) is 13.9. The molecule has 0 aliphatic carbocycles. The molecule has 0 bridgehead atoms. The molecule has 0 spiro atoms. The second-order valence-corrected chi connectivity index (χ2v) is 6.51. The van der Waals surface area contributed by atoms with Gasteiger partial charge in [-0.05, 0) is 32.0 Å². The summed E-state index contributed by atoms with van der Waals surface area (Å²) in [5.74, 6) is 0.726. The van der Waals surface area contributed by atoms with Crippen LogP contribution in [0, 0.1) is 13.8 Å². The summed E-state index contributed by atoms with van der Waals surface area (Å²) in [6.45, 7) is 4.42. The first-order valence-corrected chi connectivity index (χ1v) is 8.26. The first-order valence-electron chi connectivity index (χ1n) is 7.44. The van der Waals surface area contributed by atoms with Crippen molar-refractivity contribution in [2.75, 3.05) is 0 Å². The van der Waals surface area contributed by atoms with E-state index in [1.807, 2.05) is 31.2 Å². The summed E-state index contributed by atoms with van der Waals surface area (Å²) in [6, 6.07) is 11.9. The number of aromatic nitrogens is 1. The van der Waals surface area contributed by atoms with Gasteiger partial charge < -0.3 is 9.73 Å². The van der Waals surface area contributed by atoms with Crippen LogP contribution in [0.4, 0.5) is 0 Å². The first-order chi connectivity index (χ1) is 11.1. The number of hydrogen-bond donors (Lipinski definition) is 1. The van der Waals surface area contributed by atoms with E-state index >= 15 is 0 Å². The summed E-state index contributed by atoms with van der Waals surface area (Å²) in [5, 5.41) is 3.82. The van der Waals surface area contributed by atoms with Gasteiger partial charge >= 0.3 is 0 Å². The number of furan rings is 1. The van der Waals surface area contributed by atoms with Gasteiger partial charge in [-0.3, -0.25) is 4.79 Å². The van der Waals surface area contributed by atoms with Gasteiger partial charge in [0.1, 0.15) is 10.8 Å². The molecule has 0 atom stereocenters. The maximum absolute atomic E-state index is 12.1. The number of nitrogens with zero attached hydrogens (tertiary/aromatic N) is 1. The van der Waals surface area contributed by atoms with E-state index < -0.39 is 0 Å². The van der Waals surface area contributed by atoms with Crippen molar-refractivity contribution in [1.29, 1.82) is 0 Å². The van der Waals surface area contributed by atoms with Crippen LogP contribution >= 0.6 is 11.3 Å². The molecule has 0 aliphatic rings. The van der Waals surface area contributed by atoms with Crippen LogP contribution < -0.4 is 5.32 Å². The fourth-order valence-corrected chi connectivity index (χ4v) is 3.36. The Labute approximate surface area is 139 Å². The van der Waals surface area contributed by atoms with Gasteiger partial charge in [0.15, 0.2) is 0 Å². The minimum absolute atomic E-state index is 0.0241. The number of nitrogens with one attached hydrogen (secondary N) is 1. The van der Waals surface area contributed by atoms with Crippen LogP contribution in [0.5, 0.6) is 0 Å². The van der Waals surface area contributed by atoms with Gasteiger partial charge in [0.05, 0.1) is 24.9 Å². The van der Waals surface area contributed by atoms with Crippen molar-refractivity contribution in [2.24, 2.45) is 0 Å². The number of aryl methyl sites for hydroxylation is 2. The van der Waals surface area contributed by atoms with Crippen LogP contribution in [0.25, 0.3) is 10.6 Å². The van der Waals surface area contributed by atoms with E-state index in [0.717, 1.165) is 26.9 Å². The Kier molecular flexibility index (Phi) is 4.57. The molecule has 118 valence electrons. The van der Waals surface area contributed by atoms with Gasteiger partial charge in [-0.2, -0.15) is 0 Å². The Morgan fingerprint density at radius 1 is 1.26 bits per heavy atom. The Morgan fingerprint density at radius 2 is 2.13 bits per heavy atom. The molecule has 0 aliphatic heterocycles. The van der Waals surface area contributed by atoms with Gasteiger partial charge in [-0.15, -0.1) is 11.3 Å². The minimum Gasteiger partial charge on any atom is -0.467 e. The molecule has 1 amide bonds. The van der Waals surface area contributed by atoms with E-state index in [2.05, 4.69) is 29.4 Å². The lowest BCUT2D eigenvalue weighted by Crippen LogP contribution is -2.24. The fraction of sp³-hybridized carbons (Fsp3) is 0.222. The Balaban J connectivity index is 1.67. The maximum atomic E-state index is 12.1. The predicted octanol–water partition coefficient (Wildman–Crippen LogP) is 3.88. The highest BCUT2D eigenvalue weighted by Crippen LogP contribution is 2.28. The zero-order chi connectivity index (χ0) is 16.2. The number of benzene rings is 1. The lowest BCUT2D eigenvalue weighted by molar-refractivity contribution is -0.120. The molecule has 2 aromatic heterocycles. The van der Waals surface area contributed by atoms with Crippen molar-refractivity contribution in [2.45, 2.75) is 26.8 Å². The summed E-state index contributed by atoms with van der Waals surface area (Å²) < 4.78 is 5.21. The largest absolute Gasteiger partial charge is 0.467 e. The van der Waals surface area contributed by atoms with Crippen LogP contribution in [-0.4, -0.2) is 10.9 Å². The number of rotatable bonds is 5. The second kappa shape index (κ2) is 6.79. The standard InChI is InChI=1S/C18H18N2O2S/c1-12-5-3-6-14(9-12)18-20-13(2)16(23-18)10-17(21)19-11-15-7-4-8-22-15/h3-9H,10-11H2,1-2H3,(H,19,21). The van der Waals surface area contributed by atoms with E-state index in [-0.39, 0.29) is 5.91 Å². The van der Waals surface area contributed by atoms with Crippen LogP contribution in [0.2, 0.25) is 0 Å². The molecule has 23 heavy (non-hydrogen) atoms. The quantitative estimate of drug-likeness (QED) is 0.774. The second-order valence-electron chi connectivity index (χ2n) is 5.43. The predicted molar refractivity (Wildman–Crippen MR) is 91.3 cm³/mol. The molecule has 3 rings (SSSR count). The van der Waals surface area contributed by atoms with Crippen molar-refractivity contribution >= 4 is 17.2 Å². The normalized spacial score (nSPS) is 10.7. The molecule has 0 radical (unpaired) electrons. The van der Waals surface area contributed by atoms with E-state index in [1.165, 1.54) is 5.56 Å². The monoisotopic (exact) mass is 326 g/mol. The summed E-state index contributed by atoms with van der Waals surface area (Å²) >= 11 is 1.58. The molecule has 0 saturated carbocycles. The van der Waals surface area contributed by atoms with Crippen molar-refractivity contribution in [3.05, 3.63) is 64.6 Å². The lowest BCUT2D eigenvalue weighted by Gasteiger charge is -2.02. The number of hydrogen-bond acceptors (Lipinski definition) is 4. The molecule has 0 fully saturated rings. The van der Waals surface area contributed by atoms with Crippen LogP contribution in [-0.2, 0) is 17.8 Å². The van der Waals surface area contributed by atoms with Gasteiger partial charge in [0.2, 0.25) is 5.91 Å². The molecule has 1 N–H and O–H groups in total. The average molecular weight is 326 g/mol. The average Bonchev–Trinajstić information content (AvgIpc) is 3.16. The van der Waals surface area contributed by atoms with E-state index in [9.17, 15) is 4.79 Å². The van der Waals surface area contributed by atoms with Crippen molar-refractivity contribution < 1.29 is 9.21 Å².